The largest absolute Gasteiger partial charge is 0.370 e. The molecule has 0 saturated heterocycles. The van der Waals surface area contributed by atoms with Crippen molar-refractivity contribution in [1.29, 1.82) is 0 Å². The van der Waals surface area contributed by atoms with Gasteiger partial charge >= 0.3 is 0 Å². The molecule has 1 heterocycles. The van der Waals surface area contributed by atoms with Gasteiger partial charge in [-0.25, -0.2) is 9.97 Å². The molecule has 0 radical (unpaired) electrons. The molecule has 0 saturated carbocycles. The molecule has 3 rings (SSSR count). The zero-order chi connectivity index (χ0) is 14.5. The molecule has 0 atom stereocenters. The minimum atomic E-state index is 0.915. The van der Waals surface area contributed by atoms with Crippen molar-refractivity contribution in [2.24, 2.45) is 0 Å². The van der Waals surface area contributed by atoms with E-state index in [4.69, 9.17) is 9.97 Å². The number of benzene rings is 1. The van der Waals surface area contributed by atoms with Crippen LogP contribution in [0.15, 0.2) is 30.3 Å². The molecule has 2 aromatic rings. The molecule has 0 aliphatic heterocycles. The zero-order valence-electron chi connectivity index (χ0n) is 12.7. The molecular formula is C18H23N3. The summed E-state index contributed by atoms with van der Waals surface area (Å²) in [6.07, 6.45) is 6.49. The van der Waals surface area contributed by atoms with E-state index in [1.165, 1.54) is 23.2 Å². The van der Waals surface area contributed by atoms with Crippen molar-refractivity contribution in [3.05, 3.63) is 53.0 Å². The molecule has 1 aliphatic carbocycles. The van der Waals surface area contributed by atoms with Gasteiger partial charge in [-0.3, -0.25) is 0 Å². The molecule has 21 heavy (non-hydrogen) atoms. The predicted octanol–water partition coefficient (Wildman–Crippen LogP) is 3.57. The highest BCUT2D eigenvalue weighted by molar-refractivity contribution is 5.48. The molecule has 3 heteroatoms. The molecule has 0 amide bonds. The van der Waals surface area contributed by atoms with E-state index in [-0.39, 0.29) is 0 Å². The van der Waals surface area contributed by atoms with Crippen molar-refractivity contribution in [3.63, 3.8) is 0 Å². The summed E-state index contributed by atoms with van der Waals surface area (Å²) in [5, 5.41) is 3.48. The number of aryl methyl sites for hydroxylation is 3. The van der Waals surface area contributed by atoms with Crippen molar-refractivity contribution >= 4 is 5.82 Å². The standard InChI is InChI=1S/C18H23N3/c1-2-13-19-18-15-9-6-10-16(15)20-17(21-18)12-11-14-7-4-3-5-8-14/h3-5,7-8H,2,6,9-13H2,1H3,(H,19,20,21). The second kappa shape index (κ2) is 6.70. The van der Waals surface area contributed by atoms with E-state index in [0.717, 1.165) is 50.3 Å². The molecular weight excluding hydrogens is 258 g/mol. The Kier molecular flexibility index (Phi) is 4.49. The Hall–Kier alpha value is -1.90. The first-order valence-corrected chi connectivity index (χ1v) is 8.03. The Labute approximate surface area is 126 Å². The van der Waals surface area contributed by atoms with Crippen LogP contribution in [0.1, 0.15) is 42.4 Å². The van der Waals surface area contributed by atoms with E-state index in [2.05, 4.69) is 42.6 Å². The van der Waals surface area contributed by atoms with E-state index >= 15 is 0 Å². The number of nitrogens with one attached hydrogen (secondary N) is 1. The van der Waals surface area contributed by atoms with Crippen LogP contribution in [0.2, 0.25) is 0 Å². The Morgan fingerprint density at radius 3 is 2.71 bits per heavy atom. The summed E-state index contributed by atoms with van der Waals surface area (Å²) in [5.41, 5.74) is 3.98. The average Bonchev–Trinajstić information content (AvgIpc) is 3.00. The first-order chi connectivity index (χ1) is 10.4. The van der Waals surface area contributed by atoms with E-state index in [0.29, 0.717) is 0 Å². The van der Waals surface area contributed by atoms with Gasteiger partial charge in [-0.1, -0.05) is 37.3 Å². The monoisotopic (exact) mass is 281 g/mol. The van der Waals surface area contributed by atoms with Crippen LogP contribution in [0.4, 0.5) is 5.82 Å². The van der Waals surface area contributed by atoms with Gasteiger partial charge in [0.2, 0.25) is 0 Å². The number of fused-ring (bicyclic) bond motifs is 1. The zero-order valence-corrected chi connectivity index (χ0v) is 12.7. The lowest BCUT2D eigenvalue weighted by Crippen LogP contribution is -2.10. The van der Waals surface area contributed by atoms with Crippen molar-refractivity contribution < 1.29 is 0 Å². The molecule has 0 bridgehead atoms. The molecule has 1 N–H and O–H groups in total. The van der Waals surface area contributed by atoms with Gasteiger partial charge in [0.15, 0.2) is 0 Å². The lowest BCUT2D eigenvalue weighted by molar-refractivity contribution is 0.830. The molecule has 110 valence electrons. The minimum absolute atomic E-state index is 0.915. The summed E-state index contributed by atoms with van der Waals surface area (Å²) < 4.78 is 0. The van der Waals surface area contributed by atoms with Crippen molar-refractivity contribution in [2.45, 2.75) is 45.4 Å². The van der Waals surface area contributed by atoms with Crippen LogP contribution in [0.3, 0.4) is 0 Å². The fourth-order valence-electron chi connectivity index (χ4n) is 2.89. The lowest BCUT2D eigenvalue weighted by atomic mass is 10.1. The second-order valence-electron chi connectivity index (χ2n) is 5.68. The Bertz CT molecular complexity index is 593. The molecule has 1 aliphatic rings. The third kappa shape index (κ3) is 3.41. The molecule has 0 spiro atoms. The van der Waals surface area contributed by atoms with Crippen molar-refractivity contribution in [1.82, 2.24) is 9.97 Å². The van der Waals surface area contributed by atoms with Gasteiger partial charge in [0.25, 0.3) is 0 Å². The fourth-order valence-corrected chi connectivity index (χ4v) is 2.89. The Morgan fingerprint density at radius 2 is 1.90 bits per heavy atom. The third-order valence-corrected chi connectivity index (χ3v) is 4.00. The molecule has 0 unspecified atom stereocenters. The molecule has 1 aromatic carbocycles. The van der Waals surface area contributed by atoms with E-state index < -0.39 is 0 Å². The van der Waals surface area contributed by atoms with Crippen LogP contribution < -0.4 is 5.32 Å². The van der Waals surface area contributed by atoms with Crippen LogP contribution in [0.5, 0.6) is 0 Å². The number of anilines is 1. The maximum Gasteiger partial charge on any atom is 0.133 e. The first-order valence-electron chi connectivity index (χ1n) is 8.03. The normalized spacial score (nSPS) is 13.2. The summed E-state index contributed by atoms with van der Waals surface area (Å²) in [5.74, 6) is 2.07. The summed E-state index contributed by atoms with van der Waals surface area (Å²) in [7, 11) is 0. The molecule has 0 fully saturated rings. The van der Waals surface area contributed by atoms with Gasteiger partial charge in [-0.15, -0.1) is 0 Å². The quantitative estimate of drug-likeness (QED) is 0.879. The number of hydrogen-bond donors (Lipinski definition) is 1. The maximum atomic E-state index is 4.79. The first kappa shape index (κ1) is 14.1. The Morgan fingerprint density at radius 1 is 1.05 bits per heavy atom. The predicted molar refractivity (Wildman–Crippen MR) is 86.7 cm³/mol. The summed E-state index contributed by atoms with van der Waals surface area (Å²) in [6.45, 7) is 3.17. The van der Waals surface area contributed by atoms with Crippen molar-refractivity contribution in [2.75, 3.05) is 11.9 Å². The maximum absolute atomic E-state index is 4.79. The second-order valence-corrected chi connectivity index (χ2v) is 5.68. The van der Waals surface area contributed by atoms with Crippen LogP contribution >= 0.6 is 0 Å². The Balaban J connectivity index is 1.76. The highest BCUT2D eigenvalue weighted by atomic mass is 15.0. The van der Waals surface area contributed by atoms with Crippen LogP contribution in [0, 0.1) is 0 Å². The van der Waals surface area contributed by atoms with Crippen LogP contribution in [-0.4, -0.2) is 16.5 Å². The smallest absolute Gasteiger partial charge is 0.133 e. The van der Waals surface area contributed by atoms with Gasteiger partial charge in [0.05, 0.1) is 0 Å². The number of aromatic nitrogens is 2. The van der Waals surface area contributed by atoms with Gasteiger partial charge in [-0.2, -0.15) is 0 Å². The number of rotatable bonds is 6. The highest BCUT2D eigenvalue weighted by Crippen LogP contribution is 2.26. The molecule has 1 aromatic heterocycles. The minimum Gasteiger partial charge on any atom is -0.370 e. The lowest BCUT2D eigenvalue weighted by Gasteiger charge is -2.11. The third-order valence-electron chi connectivity index (χ3n) is 4.00. The van der Waals surface area contributed by atoms with Gasteiger partial charge in [0.1, 0.15) is 11.6 Å². The van der Waals surface area contributed by atoms with Gasteiger partial charge < -0.3 is 5.32 Å². The van der Waals surface area contributed by atoms with Crippen LogP contribution in [-0.2, 0) is 25.7 Å². The molecule has 3 nitrogen and oxygen atoms in total. The summed E-state index contributed by atoms with van der Waals surface area (Å²) >= 11 is 0. The van der Waals surface area contributed by atoms with Gasteiger partial charge in [-0.05, 0) is 37.7 Å². The van der Waals surface area contributed by atoms with E-state index in [9.17, 15) is 0 Å². The van der Waals surface area contributed by atoms with Crippen LogP contribution in [0.25, 0.3) is 0 Å². The van der Waals surface area contributed by atoms with E-state index in [1.54, 1.807) is 0 Å². The average molecular weight is 281 g/mol. The summed E-state index contributed by atoms with van der Waals surface area (Å²) in [6, 6.07) is 10.6. The van der Waals surface area contributed by atoms with Crippen molar-refractivity contribution in [3.8, 4) is 0 Å². The fraction of sp³-hybridized carbons (Fsp3) is 0.444. The number of hydrogen-bond acceptors (Lipinski definition) is 3. The highest BCUT2D eigenvalue weighted by Gasteiger charge is 2.18. The SMILES string of the molecule is CCCNc1nc(CCc2ccccc2)nc2c1CCC2. The van der Waals surface area contributed by atoms with E-state index in [1.807, 2.05) is 0 Å². The van der Waals surface area contributed by atoms with Gasteiger partial charge in [0, 0.05) is 24.2 Å². The number of nitrogens with zero attached hydrogens (tertiary/aromatic N) is 2. The topological polar surface area (TPSA) is 37.8 Å². The summed E-state index contributed by atoms with van der Waals surface area (Å²) in [4.78, 5) is 9.56.